The highest BCUT2D eigenvalue weighted by molar-refractivity contribution is 6.31. The van der Waals surface area contributed by atoms with Crippen molar-refractivity contribution in [2.75, 3.05) is 7.11 Å². The van der Waals surface area contributed by atoms with Crippen LogP contribution < -0.4 is 15.9 Å². The molecule has 1 aliphatic heterocycles. The number of aliphatic hydroxyl groups is 2. The van der Waals surface area contributed by atoms with E-state index in [1.54, 1.807) is 6.92 Å². The highest BCUT2D eigenvalue weighted by atomic mass is 35.5. The van der Waals surface area contributed by atoms with Crippen LogP contribution in [0.15, 0.2) is 47.6 Å². The van der Waals surface area contributed by atoms with E-state index in [9.17, 15) is 34.8 Å². The molecule has 3 aromatic rings. The molecule has 1 heterocycles. The Balaban J connectivity index is 1.44. The number of benzene rings is 3. The summed E-state index contributed by atoms with van der Waals surface area (Å²) < 4.78 is 17.5. The number of nitrogens with zero attached hydrogens (tertiary/aromatic N) is 1. The number of nitrogens with one attached hydrogen (secondary N) is 1. The molecule has 1 fully saturated rings. The van der Waals surface area contributed by atoms with Crippen LogP contribution in [0.3, 0.4) is 0 Å². The van der Waals surface area contributed by atoms with Crippen LogP contribution in [0.5, 0.6) is 17.2 Å². The van der Waals surface area contributed by atoms with E-state index in [0.717, 1.165) is 0 Å². The number of ether oxygens (including phenoxy) is 3. The summed E-state index contributed by atoms with van der Waals surface area (Å²) in [4.78, 5) is 40.5. The maximum atomic E-state index is 13.9. The number of methoxy groups -OCH3 is 1. The van der Waals surface area contributed by atoms with Crippen molar-refractivity contribution < 1.29 is 49.0 Å². The van der Waals surface area contributed by atoms with Gasteiger partial charge in [0.25, 0.3) is 5.91 Å². The number of hydrazone groups is 1. The zero-order valence-electron chi connectivity index (χ0n) is 26.2. The second-order valence-corrected chi connectivity index (χ2v) is 12.7. The van der Waals surface area contributed by atoms with Crippen molar-refractivity contribution in [2.24, 2.45) is 10.8 Å². The van der Waals surface area contributed by atoms with E-state index in [0.29, 0.717) is 5.02 Å². The monoisotopic (exact) mass is 679 g/mol. The van der Waals surface area contributed by atoms with Crippen molar-refractivity contribution in [1.29, 1.82) is 0 Å². The van der Waals surface area contributed by atoms with Gasteiger partial charge in [0.2, 0.25) is 5.78 Å². The molecule has 48 heavy (non-hydrogen) atoms. The smallest absolute Gasteiger partial charge is 0.271 e. The van der Waals surface area contributed by atoms with E-state index in [-0.39, 0.29) is 58.5 Å². The Bertz CT molecular complexity index is 1850. The van der Waals surface area contributed by atoms with E-state index in [1.165, 1.54) is 56.5 Å². The molecule has 0 aromatic heterocycles. The minimum absolute atomic E-state index is 0.0169. The highest BCUT2D eigenvalue weighted by Gasteiger charge is 2.49. The molecule has 13 nitrogen and oxygen atoms in total. The second kappa shape index (κ2) is 12.6. The van der Waals surface area contributed by atoms with Crippen LogP contribution in [0.4, 0.5) is 0 Å². The molecule has 14 heteroatoms. The number of rotatable bonds is 6. The summed E-state index contributed by atoms with van der Waals surface area (Å²) in [5, 5.41) is 50.4. The number of phenols is 2. The number of carbonyl (C=O) groups excluding carboxylic acids is 3. The summed E-state index contributed by atoms with van der Waals surface area (Å²) in [6.07, 6.45) is -4.60. The number of nitrogens with two attached hydrogens (primary N) is 1. The number of amides is 1. The second-order valence-electron chi connectivity index (χ2n) is 12.2. The van der Waals surface area contributed by atoms with E-state index in [2.05, 4.69) is 10.5 Å². The fourth-order valence-corrected chi connectivity index (χ4v) is 6.70. The molecular formula is C34H34ClN3O10. The molecule has 6 unspecified atom stereocenters. The van der Waals surface area contributed by atoms with Gasteiger partial charge in [-0.05, 0) is 44.2 Å². The quantitative estimate of drug-likeness (QED) is 0.0991. The minimum atomic E-state index is -1.91. The number of fused-ring (bicyclic) bond motifs is 3. The van der Waals surface area contributed by atoms with E-state index in [4.69, 9.17) is 31.5 Å². The predicted octanol–water partition coefficient (Wildman–Crippen LogP) is 2.90. The number of hydrogen-bond acceptors (Lipinski definition) is 12. The van der Waals surface area contributed by atoms with Crippen LogP contribution in [0.25, 0.3) is 0 Å². The molecular weight excluding hydrogens is 646 g/mol. The minimum Gasteiger partial charge on any atom is -0.507 e. The first-order chi connectivity index (χ1) is 22.7. The van der Waals surface area contributed by atoms with Gasteiger partial charge < -0.3 is 40.4 Å². The molecule has 0 saturated carbocycles. The summed E-state index contributed by atoms with van der Waals surface area (Å²) >= 11 is 5.92. The molecule has 1 amide bonds. The Morgan fingerprint density at radius 2 is 1.77 bits per heavy atom. The number of carbonyl (C=O) groups is 3. The Hall–Kier alpha value is -4.37. The average Bonchev–Trinajstić information content (AvgIpc) is 3.06. The molecule has 2 aliphatic carbocycles. The Morgan fingerprint density at radius 1 is 1.08 bits per heavy atom. The zero-order chi connectivity index (χ0) is 34.7. The predicted molar refractivity (Wildman–Crippen MR) is 172 cm³/mol. The van der Waals surface area contributed by atoms with E-state index >= 15 is 0 Å². The van der Waals surface area contributed by atoms with Gasteiger partial charge in [0, 0.05) is 52.6 Å². The first-order valence-corrected chi connectivity index (χ1v) is 15.6. The molecule has 1 saturated heterocycles. The van der Waals surface area contributed by atoms with Gasteiger partial charge in [0.1, 0.15) is 22.8 Å². The van der Waals surface area contributed by atoms with Gasteiger partial charge in [-0.3, -0.25) is 14.4 Å². The van der Waals surface area contributed by atoms with Crippen molar-refractivity contribution >= 4 is 34.8 Å². The lowest BCUT2D eigenvalue weighted by Crippen LogP contribution is -2.52. The number of halogens is 1. The number of phenolic OH excluding ortho intramolecular Hbond substituents is 2. The Morgan fingerprint density at radius 3 is 2.44 bits per heavy atom. The lowest BCUT2D eigenvalue weighted by atomic mass is 9.71. The van der Waals surface area contributed by atoms with E-state index in [1.807, 2.05) is 0 Å². The van der Waals surface area contributed by atoms with Crippen LogP contribution in [0.2, 0.25) is 5.02 Å². The molecule has 0 spiro atoms. The van der Waals surface area contributed by atoms with E-state index < -0.39 is 76.3 Å². The largest absolute Gasteiger partial charge is 0.507 e. The third-order valence-corrected chi connectivity index (χ3v) is 9.50. The summed E-state index contributed by atoms with van der Waals surface area (Å²) in [6, 6.07) is 9.80. The first kappa shape index (κ1) is 33.5. The lowest BCUT2D eigenvalue weighted by Gasteiger charge is -2.42. The number of aliphatic hydroxyl groups excluding tert-OH is 1. The SMILES string of the molecule is COc1cccc2c1C(=O)c1c(O)c3c(c(O)c1C2=O)CC(O)(/C(C)=N/NC(=O)c1ccc(Cl)cc1)CC3OC1CC(N)C(O)C(C)O1. The summed E-state index contributed by atoms with van der Waals surface area (Å²) in [5.41, 5.74) is 5.83. The normalized spacial score (nSPS) is 26.7. The Kier molecular flexibility index (Phi) is 8.79. The van der Waals surface area contributed by atoms with Gasteiger partial charge in [0.05, 0.1) is 47.8 Å². The van der Waals surface area contributed by atoms with Crippen molar-refractivity contribution in [3.05, 3.63) is 86.4 Å². The van der Waals surface area contributed by atoms with Crippen molar-refractivity contribution in [1.82, 2.24) is 5.43 Å². The van der Waals surface area contributed by atoms with Gasteiger partial charge in [-0.1, -0.05) is 23.7 Å². The number of hydrogen-bond donors (Lipinski definition) is 6. The van der Waals surface area contributed by atoms with Crippen molar-refractivity contribution in [2.45, 2.75) is 69.4 Å². The van der Waals surface area contributed by atoms with Crippen LogP contribution in [0, 0.1) is 0 Å². The van der Waals surface area contributed by atoms with Gasteiger partial charge in [-0.2, -0.15) is 5.10 Å². The van der Waals surface area contributed by atoms with Gasteiger partial charge in [-0.15, -0.1) is 0 Å². The number of aromatic hydroxyl groups is 2. The molecule has 0 radical (unpaired) electrons. The van der Waals surface area contributed by atoms with Crippen LogP contribution >= 0.6 is 11.6 Å². The molecule has 6 atom stereocenters. The molecule has 0 bridgehead atoms. The Labute approximate surface area is 279 Å². The van der Waals surface area contributed by atoms with Crippen LogP contribution in [0.1, 0.15) is 86.1 Å². The van der Waals surface area contributed by atoms with Gasteiger partial charge in [0.15, 0.2) is 12.1 Å². The maximum Gasteiger partial charge on any atom is 0.271 e. The summed E-state index contributed by atoms with van der Waals surface area (Å²) in [6.45, 7) is 3.07. The summed E-state index contributed by atoms with van der Waals surface area (Å²) in [7, 11) is 1.34. The topological polar surface area (TPSA) is 210 Å². The molecule has 252 valence electrons. The van der Waals surface area contributed by atoms with Crippen LogP contribution in [-0.2, 0) is 15.9 Å². The van der Waals surface area contributed by atoms with Gasteiger partial charge in [-0.25, -0.2) is 5.43 Å². The van der Waals surface area contributed by atoms with Crippen molar-refractivity contribution in [3.63, 3.8) is 0 Å². The zero-order valence-corrected chi connectivity index (χ0v) is 26.9. The molecule has 7 N–H and O–H groups in total. The molecule has 3 aliphatic rings. The summed E-state index contributed by atoms with van der Waals surface area (Å²) in [5.74, 6) is -3.19. The third kappa shape index (κ3) is 5.62. The van der Waals surface area contributed by atoms with Crippen LogP contribution in [-0.4, -0.2) is 80.9 Å². The molecule has 6 rings (SSSR count). The fourth-order valence-electron chi connectivity index (χ4n) is 6.57. The third-order valence-electron chi connectivity index (χ3n) is 9.25. The average molecular weight is 680 g/mol. The number of ketones is 2. The standard InChI is InChI=1S/C34H34ClN3O10/c1-14-28(39)20(36)11-23(47-14)48-22-13-34(45,15(2)37-38-33(44)16-7-9-17(35)10-8-16)12-19-25(22)32(43)27-26(30(19)41)29(40)18-5-4-6-21(46-3)24(18)31(27)42/h4-10,14,20,22-23,28,39,41,43,45H,11-13,36H2,1-3H3,(H,38,44)/b37-15+. The first-order valence-electron chi connectivity index (χ1n) is 15.2. The molecule has 3 aromatic carbocycles. The fraction of sp³-hybridized carbons (Fsp3) is 0.353. The van der Waals surface area contributed by atoms with Gasteiger partial charge >= 0.3 is 0 Å². The lowest BCUT2D eigenvalue weighted by molar-refractivity contribution is -0.245. The maximum absolute atomic E-state index is 13.9. The van der Waals surface area contributed by atoms with Crippen molar-refractivity contribution in [3.8, 4) is 17.2 Å². The highest BCUT2D eigenvalue weighted by Crippen LogP contribution is 2.52.